The van der Waals surface area contributed by atoms with E-state index in [1.807, 2.05) is 0 Å². The highest BCUT2D eigenvalue weighted by molar-refractivity contribution is 6.00. The molecule has 0 saturated carbocycles. The number of hydrogen-bond donors (Lipinski definition) is 1. The number of carbonyl (C=O) groups excluding carboxylic acids is 2. The number of carbonyl (C=O) groups is 2. The summed E-state index contributed by atoms with van der Waals surface area (Å²) >= 11 is 0. The zero-order valence-electron chi connectivity index (χ0n) is 8.16. The number of likely N-dealkylation sites (N-methyl/N-ethyl adjacent to an activating group) is 1. The highest BCUT2D eigenvalue weighted by Gasteiger charge is 2.49. The van der Waals surface area contributed by atoms with E-state index in [0.29, 0.717) is 0 Å². The third-order valence-corrected chi connectivity index (χ3v) is 2.24. The minimum absolute atomic E-state index is 0.161. The van der Waals surface area contributed by atoms with Gasteiger partial charge in [0, 0.05) is 6.92 Å². The fraction of sp³-hybridized carbons (Fsp3) is 0.714. The molecule has 1 atom stereocenters. The van der Waals surface area contributed by atoms with Crippen molar-refractivity contribution in [3.8, 4) is 0 Å². The highest BCUT2D eigenvalue weighted by Crippen LogP contribution is 2.18. The lowest BCUT2D eigenvalue weighted by atomic mass is 9.99. The Hall–Kier alpha value is -1.14. The molecule has 76 valence electrons. The van der Waals surface area contributed by atoms with Crippen molar-refractivity contribution < 1.29 is 24.0 Å². The predicted octanol–water partition coefficient (Wildman–Crippen LogP) is -2.38. The van der Waals surface area contributed by atoms with Crippen LogP contribution in [-0.4, -0.2) is 43.1 Å². The Morgan fingerprint density at radius 3 is 1.85 bits per heavy atom. The van der Waals surface area contributed by atoms with Gasteiger partial charge in [0.15, 0.2) is 0 Å². The first-order valence-corrected chi connectivity index (χ1v) is 3.62. The number of quaternary nitrogens is 1. The molecule has 0 aromatic carbocycles. The van der Waals surface area contributed by atoms with E-state index in [-0.39, 0.29) is 4.48 Å². The second kappa shape index (κ2) is 3.31. The molecule has 0 aliphatic carbocycles. The van der Waals surface area contributed by atoms with Crippen molar-refractivity contribution in [1.29, 1.82) is 0 Å². The molecule has 0 fully saturated rings. The molecule has 0 heterocycles. The molecule has 0 radical (unpaired) electrons. The number of carboxylic acids is 1. The van der Waals surface area contributed by atoms with Crippen molar-refractivity contribution in [2.24, 2.45) is 5.90 Å². The first-order valence-electron chi connectivity index (χ1n) is 3.62. The fourth-order valence-electron chi connectivity index (χ4n) is 0.746. The van der Waals surface area contributed by atoms with E-state index in [2.05, 4.69) is 10.7 Å². The van der Waals surface area contributed by atoms with Crippen molar-refractivity contribution in [3.63, 3.8) is 0 Å². The molecule has 0 bridgehead atoms. The number of nitrogens with two attached hydrogens (primary N) is 1. The van der Waals surface area contributed by atoms with E-state index >= 15 is 0 Å². The summed E-state index contributed by atoms with van der Waals surface area (Å²) in [6.07, 6.45) is 0. The molecule has 2 N–H and O–H groups in total. The summed E-state index contributed by atoms with van der Waals surface area (Å²) in [7, 11) is 4.60. The Kier molecular flexibility index (Phi) is 3.02. The lowest BCUT2D eigenvalue weighted by Crippen LogP contribution is -2.69. The molecule has 0 aliphatic rings. The fourth-order valence-corrected chi connectivity index (χ4v) is 0.746. The van der Waals surface area contributed by atoms with Crippen LogP contribution >= 0.6 is 0 Å². The van der Waals surface area contributed by atoms with Crippen LogP contribution in [0.1, 0.15) is 6.92 Å². The first kappa shape index (κ1) is 11.9. The lowest BCUT2D eigenvalue weighted by Gasteiger charge is -2.41. The standard InChI is InChI=1S/C7H14N2O4/c1-7(5(10)11,6(12)13-8)9(2,3)4/h8H2,1-4H3. The van der Waals surface area contributed by atoms with Crippen molar-refractivity contribution in [1.82, 2.24) is 0 Å². The number of rotatable bonds is 3. The summed E-state index contributed by atoms with van der Waals surface area (Å²) in [5, 5.41) is 10.8. The minimum atomic E-state index is -1.80. The summed E-state index contributed by atoms with van der Waals surface area (Å²) in [4.78, 5) is 25.9. The maximum absolute atomic E-state index is 11.1. The Balaban J connectivity index is 5.20. The average molecular weight is 190 g/mol. The molecule has 0 spiro atoms. The van der Waals surface area contributed by atoms with Gasteiger partial charge in [-0.05, 0) is 0 Å². The minimum Gasteiger partial charge on any atom is -0.543 e. The van der Waals surface area contributed by atoms with Gasteiger partial charge in [0.25, 0.3) is 0 Å². The second-order valence-corrected chi connectivity index (χ2v) is 3.78. The van der Waals surface area contributed by atoms with E-state index in [1.165, 1.54) is 28.1 Å². The van der Waals surface area contributed by atoms with Crippen molar-refractivity contribution >= 4 is 11.9 Å². The van der Waals surface area contributed by atoms with Crippen molar-refractivity contribution in [2.45, 2.75) is 12.5 Å². The third-order valence-electron chi connectivity index (χ3n) is 2.24. The van der Waals surface area contributed by atoms with Gasteiger partial charge in [-0.1, -0.05) is 0 Å². The summed E-state index contributed by atoms with van der Waals surface area (Å²) in [6, 6.07) is 0. The Labute approximate surface area is 76.4 Å². The summed E-state index contributed by atoms with van der Waals surface area (Å²) in [5.41, 5.74) is -1.80. The van der Waals surface area contributed by atoms with Crippen LogP contribution in [0.3, 0.4) is 0 Å². The van der Waals surface area contributed by atoms with Gasteiger partial charge >= 0.3 is 5.97 Å². The molecule has 1 unspecified atom stereocenters. The van der Waals surface area contributed by atoms with Crippen molar-refractivity contribution in [2.75, 3.05) is 21.1 Å². The number of nitrogens with zero attached hydrogens (tertiary/aromatic N) is 1. The van der Waals surface area contributed by atoms with Crippen LogP contribution in [0.2, 0.25) is 0 Å². The van der Waals surface area contributed by atoms with E-state index in [9.17, 15) is 14.7 Å². The SMILES string of the molecule is CC(C(=O)[O-])(C(=O)ON)[N+](C)(C)C. The van der Waals surface area contributed by atoms with Gasteiger partial charge in [0.1, 0.15) is 5.97 Å². The monoisotopic (exact) mass is 190 g/mol. The normalized spacial score (nSPS) is 16.1. The largest absolute Gasteiger partial charge is 0.543 e. The molecule has 0 saturated heterocycles. The Morgan fingerprint density at radius 2 is 1.77 bits per heavy atom. The topological polar surface area (TPSA) is 92.4 Å². The van der Waals surface area contributed by atoms with E-state index < -0.39 is 17.5 Å². The summed E-state index contributed by atoms with van der Waals surface area (Å²) < 4.78 is -0.161. The van der Waals surface area contributed by atoms with Crippen LogP contribution in [0.4, 0.5) is 0 Å². The van der Waals surface area contributed by atoms with Gasteiger partial charge in [-0.3, -0.25) is 0 Å². The van der Waals surface area contributed by atoms with Gasteiger partial charge < -0.3 is 19.2 Å². The molecular weight excluding hydrogens is 176 g/mol. The smallest absolute Gasteiger partial charge is 0.392 e. The number of carboxylic acid groups (broad SMARTS) is 1. The van der Waals surface area contributed by atoms with Crippen molar-refractivity contribution in [3.05, 3.63) is 0 Å². The van der Waals surface area contributed by atoms with Crippen LogP contribution in [-0.2, 0) is 14.4 Å². The lowest BCUT2D eigenvalue weighted by molar-refractivity contribution is -0.904. The van der Waals surface area contributed by atoms with Crippen LogP contribution in [0.15, 0.2) is 0 Å². The number of aliphatic carboxylic acids is 1. The maximum Gasteiger partial charge on any atom is 0.392 e. The van der Waals surface area contributed by atoms with Gasteiger partial charge in [0.05, 0.1) is 21.1 Å². The average Bonchev–Trinajstić information content (AvgIpc) is 1.98. The Bertz CT molecular complexity index is 233. The summed E-state index contributed by atoms with van der Waals surface area (Å²) in [6.45, 7) is 1.21. The van der Waals surface area contributed by atoms with Gasteiger partial charge in [-0.2, -0.15) is 5.90 Å². The molecule has 13 heavy (non-hydrogen) atoms. The quantitative estimate of drug-likeness (QED) is 0.305. The summed E-state index contributed by atoms with van der Waals surface area (Å²) in [5.74, 6) is 2.10. The van der Waals surface area contributed by atoms with Crippen LogP contribution in [0, 0.1) is 0 Å². The molecule has 0 rings (SSSR count). The third kappa shape index (κ3) is 1.78. The van der Waals surface area contributed by atoms with Crippen LogP contribution in [0.25, 0.3) is 0 Å². The van der Waals surface area contributed by atoms with Crippen LogP contribution in [0.5, 0.6) is 0 Å². The molecule has 0 aromatic heterocycles. The van der Waals surface area contributed by atoms with Gasteiger partial charge in [0.2, 0.25) is 5.54 Å². The van der Waals surface area contributed by atoms with E-state index in [1.54, 1.807) is 0 Å². The van der Waals surface area contributed by atoms with E-state index in [0.717, 1.165) is 0 Å². The molecule has 6 nitrogen and oxygen atoms in total. The van der Waals surface area contributed by atoms with E-state index in [4.69, 9.17) is 0 Å². The molecular formula is C7H14N2O4. The molecule has 0 aromatic rings. The molecule has 0 aliphatic heterocycles. The first-order chi connectivity index (χ1) is 5.67. The highest BCUT2D eigenvalue weighted by atomic mass is 16.7. The second-order valence-electron chi connectivity index (χ2n) is 3.78. The molecule has 0 amide bonds. The Morgan fingerprint density at radius 1 is 1.38 bits per heavy atom. The zero-order valence-corrected chi connectivity index (χ0v) is 8.16. The van der Waals surface area contributed by atoms with Gasteiger partial charge in [-0.15, -0.1) is 0 Å². The van der Waals surface area contributed by atoms with Gasteiger partial charge in [-0.25, -0.2) is 4.79 Å². The van der Waals surface area contributed by atoms with Crippen LogP contribution < -0.4 is 11.0 Å². The maximum atomic E-state index is 11.1. The predicted molar refractivity (Wildman–Crippen MR) is 41.7 cm³/mol. The zero-order chi connectivity index (χ0) is 10.9. The number of hydrogen-bond acceptors (Lipinski definition) is 5. The molecule has 6 heteroatoms.